The van der Waals surface area contributed by atoms with E-state index in [0.717, 1.165) is 44.6 Å². The normalized spacial score (nSPS) is 26.1. The molecule has 2 saturated heterocycles. The van der Waals surface area contributed by atoms with Crippen molar-refractivity contribution in [1.29, 1.82) is 0 Å². The van der Waals surface area contributed by atoms with E-state index in [1.54, 1.807) is 6.20 Å². The lowest BCUT2D eigenvalue weighted by Gasteiger charge is -2.39. The Balaban J connectivity index is 0.000000567. The Morgan fingerprint density at radius 3 is 2.50 bits per heavy atom. The number of fused-ring (bicyclic) bond motifs is 2. The van der Waals surface area contributed by atoms with Gasteiger partial charge in [0.15, 0.2) is 0 Å². The van der Waals surface area contributed by atoms with E-state index in [0.29, 0.717) is 18.2 Å². The molecule has 2 aromatic rings. The molecule has 5 rings (SSSR count). The van der Waals surface area contributed by atoms with Gasteiger partial charge in [0.2, 0.25) is 5.91 Å². The largest absolute Gasteiger partial charge is 0.481 e. The highest BCUT2D eigenvalue weighted by atomic mass is 16.4. The molecular formula is C24H30N4O4. The van der Waals surface area contributed by atoms with Crippen molar-refractivity contribution in [2.24, 2.45) is 5.41 Å². The fraction of sp³-hybridized carbons (Fsp3) is 0.500. The van der Waals surface area contributed by atoms with Gasteiger partial charge in [0.05, 0.1) is 17.9 Å². The lowest BCUT2D eigenvalue weighted by atomic mass is 9.69. The highest BCUT2D eigenvalue weighted by Gasteiger charge is 2.61. The zero-order valence-electron chi connectivity index (χ0n) is 18.3. The first kappa shape index (κ1) is 22.0. The van der Waals surface area contributed by atoms with Crippen molar-refractivity contribution in [3.8, 4) is 0 Å². The van der Waals surface area contributed by atoms with E-state index in [1.165, 1.54) is 12.7 Å². The molecule has 170 valence electrons. The Labute approximate surface area is 187 Å². The zero-order valence-corrected chi connectivity index (χ0v) is 18.3. The summed E-state index contributed by atoms with van der Waals surface area (Å²) in [7, 11) is 0. The molecular weight excluding hydrogens is 408 g/mol. The van der Waals surface area contributed by atoms with Crippen molar-refractivity contribution in [2.45, 2.75) is 70.0 Å². The predicted molar refractivity (Wildman–Crippen MR) is 118 cm³/mol. The summed E-state index contributed by atoms with van der Waals surface area (Å²) in [5.74, 6) is -0.730. The van der Waals surface area contributed by atoms with Gasteiger partial charge in [-0.2, -0.15) is 0 Å². The molecule has 2 aliphatic heterocycles. The second-order valence-corrected chi connectivity index (χ2v) is 9.07. The second-order valence-electron chi connectivity index (χ2n) is 9.07. The first-order chi connectivity index (χ1) is 15.4. The lowest BCUT2D eigenvalue weighted by Crippen LogP contribution is -2.54. The molecule has 3 heterocycles. The quantitative estimate of drug-likeness (QED) is 0.664. The number of imidazole rings is 1. The molecule has 1 aliphatic carbocycles. The van der Waals surface area contributed by atoms with Gasteiger partial charge in [0, 0.05) is 25.0 Å². The van der Waals surface area contributed by atoms with Crippen LogP contribution in [-0.4, -0.2) is 55.9 Å². The summed E-state index contributed by atoms with van der Waals surface area (Å²) in [6, 6.07) is 10.6. The zero-order chi connectivity index (χ0) is 22.7. The van der Waals surface area contributed by atoms with E-state index < -0.39 is 11.4 Å². The minimum atomic E-state index is -0.833. The van der Waals surface area contributed by atoms with Gasteiger partial charge in [0.1, 0.15) is 5.69 Å². The Morgan fingerprint density at radius 1 is 1.19 bits per heavy atom. The summed E-state index contributed by atoms with van der Waals surface area (Å²) in [6.07, 6.45) is 9.71. The van der Waals surface area contributed by atoms with Gasteiger partial charge < -0.3 is 20.3 Å². The summed E-state index contributed by atoms with van der Waals surface area (Å²) in [4.78, 5) is 44.6. The molecule has 2 bridgehead atoms. The highest BCUT2D eigenvalue weighted by Crippen LogP contribution is 2.52. The Hall–Kier alpha value is -3.16. The van der Waals surface area contributed by atoms with Crippen LogP contribution in [0, 0.1) is 5.41 Å². The Bertz CT molecular complexity index is 954. The third-order valence-corrected chi connectivity index (χ3v) is 6.96. The summed E-state index contributed by atoms with van der Waals surface area (Å²) >= 11 is 0. The topological polar surface area (TPSA) is 115 Å². The maximum Gasteiger partial charge on any atom is 0.300 e. The highest BCUT2D eigenvalue weighted by molar-refractivity contribution is 5.95. The van der Waals surface area contributed by atoms with Gasteiger partial charge in [0.25, 0.3) is 11.9 Å². The number of carbonyl (C=O) groups excluding carboxylic acids is 2. The molecule has 8 nitrogen and oxygen atoms in total. The molecule has 0 spiro atoms. The SMILES string of the molecule is CC(=O)O.O=C(c1cnc[nH]1)N1[C@H]2CC[C@@H]1[C@](Cc1ccccc1)(C(=O)NC1CCC1)C2. The number of carbonyl (C=O) groups is 3. The number of rotatable bonds is 5. The van der Waals surface area contributed by atoms with Crippen LogP contribution in [0.1, 0.15) is 61.5 Å². The molecule has 1 aromatic heterocycles. The molecule has 3 atom stereocenters. The van der Waals surface area contributed by atoms with Crippen molar-refractivity contribution in [1.82, 2.24) is 20.2 Å². The standard InChI is InChI=1S/C22H26N4O2.C2H4O2/c27-20(18-13-23-14-24-18)26-17-9-10-19(26)22(12-17,11-15-5-2-1-3-6-15)21(28)25-16-7-4-8-16;1-2(3)4/h1-3,5-6,13-14,16-17,19H,4,7-12H2,(H,23,24)(H,25,28);1H3,(H,3,4)/t17-,19+,22+;/m0./s1. The molecule has 8 heteroatoms. The van der Waals surface area contributed by atoms with E-state index in [2.05, 4.69) is 27.4 Å². The van der Waals surface area contributed by atoms with E-state index >= 15 is 0 Å². The summed E-state index contributed by atoms with van der Waals surface area (Å²) in [5, 5.41) is 10.7. The third kappa shape index (κ3) is 4.26. The number of aliphatic carboxylic acids is 1. The Morgan fingerprint density at radius 2 is 1.91 bits per heavy atom. The van der Waals surface area contributed by atoms with Crippen molar-refractivity contribution >= 4 is 17.8 Å². The summed E-state index contributed by atoms with van der Waals surface area (Å²) in [5.41, 5.74) is 1.12. The summed E-state index contributed by atoms with van der Waals surface area (Å²) in [6.45, 7) is 1.08. The van der Waals surface area contributed by atoms with Crippen LogP contribution in [0.2, 0.25) is 0 Å². The van der Waals surface area contributed by atoms with Gasteiger partial charge in [-0.3, -0.25) is 14.4 Å². The molecule has 3 fully saturated rings. The molecule has 0 radical (unpaired) electrons. The van der Waals surface area contributed by atoms with Crippen LogP contribution < -0.4 is 5.32 Å². The summed E-state index contributed by atoms with van der Waals surface area (Å²) < 4.78 is 0. The first-order valence-corrected chi connectivity index (χ1v) is 11.3. The molecule has 32 heavy (non-hydrogen) atoms. The fourth-order valence-corrected chi connectivity index (χ4v) is 5.36. The van der Waals surface area contributed by atoms with Crippen molar-refractivity contribution in [3.63, 3.8) is 0 Å². The van der Waals surface area contributed by atoms with Crippen LogP contribution in [0.4, 0.5) is 0 Å². The van der Waals surface area contributed by atoms with Crippen LogP contribution >= 0.6 is 0 Å². The maximum absolute atomic E-state index is 13.6. The number of carboxylic acid groups (broad SMARTS) is 1. The van der Waals surface area contributed by atoms with E-state index in [1.807, 2.05) is 23.1 Å². The second kappa shape index (κ2) is 9.14. The van der Waals surface area contributed by atoms with Gasteiger partial charge >= 0.3 is 0 Å². The molecule has 2 amide bonds. The Kier molecular flexibility index (Phi) is 6.30. The van der Waals surface area contributed by atoms with Crippen LogP contribution in [0.15, 0.2) is 42.9 Å². The maximum atomic E-state index is 13.6. The lowest BCUT2D eigenvalue weighted by molar-refractivity contribution is -0.135. The molecule has 1 aromatic carbocycles. The number of nitrogens with zero attached hydrogens (tertiary/aromatic N) is 2. The number of hydrogen-bond acceptors (Lipinski definition) is 4. The van der Waals surface area contributed by atoms with E-state index in [-0.39, 0.29) is 23.9 Å². The van der Waals surface area contributed by atoms with Crippen molar-refractivity contribution in [2.75, 3.05) is 0 Å². The van der Waals surface area contributed by atoms with E-state index in [9.17, 15) is 9.59 Å². The fourth-order valence-electron chi connectivity index (χ4n) is 5.36. The third-order valence-electron chi connectivity index (χ3n) is 6.96. The average molecular weight is 439 g/mol. The molecule has 3 N–H and O–H groups in total. The minimum absolute atomic E-state index is 0.0311. The van der Waals surface area contributed by atoms with Gasteiger partial charge in [-0.25, -0.2) is 4.98 Å². The number of carboxylic acids is 1. The van der Waals surface area contributed by atoms with Gasteiger partial charge in [-0.15, -0.1) is 0 Å². The van der Waals surface area contributed by atoms with Crippen molar-refractivity contribution in [3.05, 3.63) is 54.1 Å². The van der Waals surface area contributed by atoms with Crippen molar-refractivity contribution < 1.29 is 19.5 Å². The van der Waals surface area contributed by atoms with E-state index in [4.69, 9.17) is 9.90 Å². The average Bonchev–Trinajstić information content (AvgIpc) is 3.46. The number of benzene rings is 1. The van der Waals surface area contributed by atoms with Crippen LogP contribution in [-0.2, 0) is 16.0 Å². The minimum Gasteiger partial charge on any atom is -0.481 e. The number of aromatic nitrogens is 2. The molecule has 3 aliphatic rings. The van der Waals surface area contributed by atoms with Crippen LogP contribution in [0.25, 0.3) is 0 Å². The van der Waals surface area contributed by atoms with Crippen LogP contribution in [0.5, 0.6) is 0 Å². The number of H-pyrrole nitrogens is 1. The predicted octanol–water partition coefficient (Wildman–Crippen LogP) is 2.78. The molecule has 1 saturated carbocycles. The number of nitrogens with one attached hydrogen (secondary N) is 2. The smallest absolute Gasteiger partial charge is 0.300 e. The number of amides is 2. The monoisotopic (exact) mass is 438 g/mol. The van der Waals surface area contributed by atoms with Gasteiger partial charge in [-0.1, -0.05) is 30.3 Å². The first-order valence-electron chi connectivity index (χ1n) is 11.3. The van der Waals surface area contributed by atoms with Crippen LogP contribution in [0.3, 0.4) is 0 Å². The number of aromatic amines is 1. The van der Waals surface area contributed by atoms with Gasteiger partial charge in [-0.05, 0) is 50.5 Å². The molecule has 0 unspecified atom stereocenters. The number of hydrogen-bond donors (Lipinski definition) is 3.